The Morgan fingerprint density at radius 2 is 1.32 bits per heavy atom. The van der Waals surface area contributed by atoms with Gasteiger partial charge < -0.3 is 85.8 Å². The van der Waals surface area contributed by atoms with Crippen molar-refractivity contribution in [1.29, 1.82) is 0 Å². The minimum Gasteiger partial charge on any atom is -0.462 e. The summed E-state index contributed by atoms with van der Waals surface area (Å²) >= 11 is 0. The summed E-state index contributed by atoms with van der Waals surface area (Å²) in [6.45, 7) is 10.0. The lowest BCUT2D eigenvalue weighted by Gasteiger charge is -2.46. The fraction of sp³-hybridized carbons (Fsp3) is 0.698. The first-order chi connectivity index (χ1) is 34.7. The molecule has 1 amide bonds. The Morgan fingerprint density at radius 3 is 1.95 bits per heavy atom. The van der Waals surface area contributed by atoms with Crippen LogP contribution in [0.2, 0.25) is 0 Å². The van der Waals surface area contributed by atoms with Crippen molar-refractivity contribution >= 4 is 11.9 Å². The summed E-state index contributed by atoms with van der Waals surface area (Å²) in [5.74, 6) is -5.57. The molecule has 4 aliphatic heterocycles. The third-order valence-electron chi connectivity index (χ3n) is 13.9. The maximum absolute atomic E-state index is 14.0. The molecule has 4 aliphatic rings. The largest absolute Gasteiger partial charge is 0.462 e. The van der Waals surface area contributed by atoms with Crippen LogP contribution in [0.1, 0.15) is 79.1 Å². The van der Waals surface area contributed by atoms with Crippen molar-refractivity contribution in [2.24, 2.45) is 23.5 Å². The summed E-state index contributed by atoms with van der Waals surface area (Å²) < 4.78 is 29.3. The summed E-state index contributed by atoms with van der Waals surface area (Å²) in [6, 6.07) is -1.13. The highest BCUT2D eigenvalue weighted by molar-refractivity contribution is 5.80. The predicted octanol–water partition coefficient (Wildman–Crippen LogP) is 0.0755. The van der Waals surface area contributed by atoms with Crippen LogP contribution in [0.5, 0.6) is 0 Å². The Labute approximate surface area is 429 Å². The van der Waals surface area contributed by atoms with Gasteiger partial charge in [0.2, 0.25) is 5.91 Å². The summed E-state index contributed by atoms with van der Waals surface area (Å²) in [5.41, 5.74) is 6.13. The number of fused-ring (bicyclic) bond motifs is 2. The van der Waals surface area contributed by atoms with E-state index in [1.165, 1.54) is 0 Å². The van der Waals surface area contributed by atoms with E-state index in [1.54, 1.807) is 63.3 Å². The zero-order valence-corrected chi connectivity index (χ0v) is 42.7. The molecule has 13 N–H and O–H groups in total. The SMILES string of the molecule is CC1\C=C/C=C/C=C/C=C/C=C/C=C/C=C/C(OC2OC(C)C(O)C(N)C2O)CC2OC(O)(CC(O)CC(O)C(O)CCC(O)CC(O)CC(=O)OC(C)C(C)C1O)CC(O)C2C(=O)NCCN1CCOCC1. The van der Waals surface area contributed by atoms with Crippen LogP contribution in [0.25, 0.3) is 0 Å². The van der Waals surface area contributed by atoms with Crippen LogP contribution in [-0.4, -0.2) is 205 Å². The Hall–Kier alpha value is -3.52. The average molecular weight is 1040 g/mol. The number of nitrogens with one attached hydrogen (secondary N) is 1. The lowest BCUT2D eigenvalue weighted by atomic mass is 9.82. The lowest BCUT2D eigenvalue weighted by Crippen LogP contribution is -2.62. The van der Waals surface area contributed by atoms with Gasteiger partial charge in [0.25, 0.3) is 0 Å². The van der Waals surface area contributed by atoms with Crippen molar-refractivity contribution in [2.75, 3.05) is 39.4 Å². The Balaban J connectivity index is 1.59. The van der Waals surface area contributed by atoms with Crippen molar-refractivity contribution in [2.45, 2.75) is 177 Å². The molecule has 0 aromatic heterocycles. The fourth-order valence-electron chi connectivity index (χ4n) is 9.27. The number of amides is 1. The summed E-state index contributed by atoms with van der Waals surface area (Å²) in [7, 11) is 0. The molecule has 0 radical (unpaired) electrons. The Kier molecular flexibility index (Phi) is 26.8. The molecular formula is C53H85N3O17. The average Bonchev–Trinajstić information content (AvgIpc) is 3.33. The molecular weight excluding hydrogens is 951 g/mol. The van der Waals surface area contributed by atoms with E-state index in [1.807, 2.05) is 49.5 Å². The number of hydrogen-bond donors (Lipinski definition) is 12. The number of allylic oxidation sites excluding steroid dienone is 12. The molecule has 2 bridgehead atoms. The number of nitrogens with zero attached hydrogens (tertiary/aromatic N) is 1. The maximum Gasteiger partial charge on any atom is 0.308 e. The molecule has 73 heavy (non-hydrogen) atoms. The highest BCUT2D eigenvalue weighted by Gasteiger charge is 2.51. The second-order valence-electron chi connectivity index (χ2n) is 20.0. The van der Waals surface area contributed by atoms with E-state index in [0.717, 1.165) is 0 Å². The summed E-state index contributed by atoms with van der Waals surface area (Å²) in [4.78, 5) is 28.8. The van der Waals surface area contributed by atoms with Crippen LogP contribution in [0.4, 0.5) is 0 Å². The number of cyclic esters (lactones) is 1. The van der Waals surface area contributed by atoms with Gasteiger partial charge in [0, 0.05) is 63.7 Å². The molecule has 20 heteroatoms. The van der Waals surface area contributed by atoms with Crippen LogP contribution in [0.3, 0.4) is 0 Å². The van der Waals surface area contributed by atoms with Gasteiger partial charge in [-0.05, 0) is 33.1 Å². The van der Waals surface area contributed by atoms with Gasteiger partial charge in [-0.15, -0.1) is 0 Å². The molecule has 4 heterocycles. The highest BCUT2D eigenvalue weighted by Crippen LogP contribution is 2.38. The van der Waals surface area contributed by atoms with Crippen LogP contribution >= 0.6 is 0 Å². The topological polar surface area (TPSA) is 324 Å². The van der Waals surface area contributed by atoms with E-state index in [4.69, 9.17) is 29.4 Å². The zero-order valence-electron chi connectivity index (χ0n) is 42.7. The predicted molar refractivity (Wildman–Crippen MR) is 270 cm³/mol. The van der Waals surface area contributed by atoms with Crippen LogP contribution in [0.15, 0.2) is 85.1 Å². The van der Waals surface area contributed by atoms with Gasteiger partial charge in [0.1, 0.15) is 12.2 Å². The number of aliphatic hydroxyl groups excluding tert-OH is 9. The third-order valence-corrected chi connectivity index (χ3v) is 13.9. The van der Waals surface area contributed by atoms with Crippen molar-refractivity contribution in [1.82, 2.24) is 10.2 Å². The second-order valence-corrected chi connectivity index (χ2v) is 20.0. The van der Waals surface area contributed by atoms with Crippen LogP contribution < -0.4 is 11.1 Å². The molecule has 20 nitrogen and oxygen atoms in total. The van der Waals surface area contributed by atoms with Crippen LogP contribution in [-0.2, 0) is 33.3 Å². The first-order valence-corrected chi connectivity index (χ1v) is 25.7. The van der Waals surface area contributed by atoms with Crippen molar-refractivity contribution in [3.8, 4) is 0 Å². The highest BCUT2D eigenvalue weighted by atomic mass is 16.7. The third kappa shape index (κ3) is 21.2. The minimum atomic E-state index is -2.27. The van der Waals surface area contributed by atoms with Gasteiger partial charge in [-0.25, -0.2) is 0 Å². The molecule has 3 saturated heterocycles. The van der Waals surface area contributed by atoms with E-state index >= 15 is 0 Å². The molecule has 0 saturated carbocycles. The number of rotatable bonds is 6. The Bertz CT molecular complexity index is 1860. The standard InChI is InChI=1S/C53H85N3O17/c1-33-17-15-13-11-9-7-5-6-8-10-12-14-16-18-40(72-52-50(66)47(54)49(65)36(4)71-52)30-44-46(51(67)55-21-22-56-23-25-69-26-24-56)43(62)32-53(68,73-44)31-39(59)28-42(61)41(60)20-19-37(57)27-38(58)29-45(63)70-35(3)34(2)48(33)64/h5-18,33-44,46-50,52,57-62,64-66,68H,19-32,54H2,1-4H3,(H,55,67)/b6-5+,9-7+,10-8+,13-11+,14-12+,17-15-,18-16+. The number of hydrogen-bond acceptors (Lipinski definition) is 19. The van der Waals surface area contributed by atoms with Gasteiger partial charge in [-0.2, -0.15) is 0 Å². The number of morpholine rings is 1. The van der Waals surface area contributed by atoms with Gasteiger partial charge in [-0.3, -0.25) is 14.5 Å². The Morgan fingerprint density at radius 1 is 0.712 bits per heavy atom. The summed E-state index contributed by atoms with van der Waals surface area (Å²) in [6.07, 6.45) is 4.85. The van der Waals surface area contributed by atoms with Gasteiger partial charge in [0.15, 0.2) is 12.1 Å². The molecule has 19 atom stereocenters. The number of esters is 1. The minimum absolute atomic E-state index is 0.0939. The molecule has 4 rings (SSSR count). The van der Waals surface area contributed by atoms with Crippen LogP contribution in [0, 0.1) is 17.8 Å². The maximum atomic E-state index is 14.0. The second kappa shape index (κ2) is 31.5. The smallest absolute Gasteiger partial charge is 0.308 e. The van der Waals surface area contributed by atoms with E-state index in [2.05, 4.69) is 10.2 Å². The van der Waals surface area contributed by atoms with E-state index in [9.17, 15) is 60.7 Å². The molecule has 0 aromatic rings. The molecule has 3 fully saturated rings. The zero-order chi connectivity index (χ0) is 53.7. The van der Waals surface area contributed by atoms with E-state index < -0.39 is 147 Å². The van der Waals surface area contributed by atoms with E-state index in [-0.39, 0.29) is 38.1 Å². The monoisotopic (exact) mass is 1040 g/mol. The quantitative estimate of drug-likeness (QED) is 0.157. The molecule has 0 spiro atoms. The summed E-state index contributed by atoms with van der Waals surface area (Å²) in [5, 5.41) is 113. The normalized spacial score (nSPS) is 43.3. The van der Waals surface area contributed by atoms with Crippen molar-refractivity contribution in [3.63, 3.8) is 0 Å². The lowest BCUT2D eigenvalue weighted by molar-refractivity contribution is -0.307. The molecule has 0 aliphatic carbocycles. The first-order valence-electron chi connectivity index (χ1n) is 25.7. The number of aliphatic hydroxyl groups is 10. The van der Waals surface area contributed by atoms with Gasteiger partial charge >= 0.3 is 5.97 Å². The van der Waals surface area contributed by atoms with Gasteiger partial charge in [0.05, 0.1) is 98.7 Å². The number of carbonyl (C=O) groups is 2. The molecule has 19 unspecified atom stereocenters. The van der Waals surface area contributed by atoms with Crippen molar-refractivity contribution in [3.05, 3.63) is 85.1 Å². The number of ether oxygens (including phenoxy) is 5. The first kappa shape index (κ1) is 62.0. The molecule has 0 aromatic carbocycles. The van der Waals surface area contributed by atoms with E-state index in [0.29, 0.717) is 32.8 Å². The van der Waals surface area contributed by atoms with Crippen molar-refractivity contribution < 1.29 is 84.3 Å². The van der Waals surface area contributed by atoms with Gasteiger partial charge in [-0.1, -0.05) is 98.9 Å². The fourth-order valence-corrected chi connectivity index (χ4v) is 9.27. The molecule has 414 valence electrons. The number of nitrogens with two attached hydrogens (primary N) is 1. The number of carbonyl (C=O) groups excluding carboxylic acids is 2.